The molecule has 0 bridgehead atoms. The van der Waals surface area contributed by atoms with Crippen molar-refractivity contribution < 1.29 is 13.2 Å². The third-order valence-electron chi connectivity index (χ3n) is 10.7. The number of nitrogens with zero attached hydrogens (tertiary/aromatic N) is 3. The summed E-state index contributed by atoms with van der Waals surface area (Å²) < 4.78 is 39.7. The Morgan fingerprint density at radius 1 is 0.865 bits per heavy atom. The molecule has 6 rings (SSSR count). The highest BCUT2D eigenvalue weighted by Gasteiger charge is 2.50. The molecule has 3 saturated heterocycles. The number of halogens is 3. The second-order valence-corrected chi connectivity index (χ2v) is 13.0. The van der Waals surface area contributed by atoms with Crippen LogP contribution in [0.4, 0.5) is 13.2 Å². The van der Waals surface area contributed by atoms with Crippen molar-refractivity contribution in [1.29, 1.82) is 5.41 Å². The van der Waals surface area contributed by atoms with Gasteiger partial charge in [-0.15, -0.1) is 0 Å². The maximum Gasteiger partial charge on any atom is 0.405 e. The number of rotatable bonds is 5. The first-order valence-corrected chi connectivity index (χ1v) is 14.8. The van der Waals surface area contributed by atoms with Gasteiger partial charge in [-0.1, -0.05) is 12.8 Å². The lowest BCUT2D eigenvalue weighted by Crippen LogP contribution is -2.67. The molecule has 0 amide bonds. The number of fused-ring (bicyclic) bond motifs is 1. The summed E-state index contributed by atoms with van der Waals surface area (Å²) in [5.41, 5.74) is 0. The van der Waals surface area contributed by atoms with Gasteiger partial charge in [0.25, 0.3) is 0 Å². The minimum atomic E-state index is -4.19. The van der Waals surface area contributed by atoms with Crippen molar-refractivity contribution in [3.8, 4) is 0 Å². The van der Waals surface area contributed by atoms with Gasteiger partial charge in [0.05, 0.1) is 18.4 Å². The molecular weight excluding hydrogens is 479 g/mol. The van der Waals surface area contributed by atoms with Crippen LogP contribution in [0.3, 0.4) is 0 Å². The van der Waals surface area contributed by atoms with Crippen molar-refractivity contribution in [3.63, 3.8) is 0 Å². The van der Waals surface area contributed by atoms with E-state index in [0.29, 0.717) is 24.0 Å². The molecule has 3 heterocycles. The van der Waals surface area contributed by atoms with E-state index in [2.05, 4.69) is 25.8 Å². The molecule has 4 N–H and O–H groups in total. The Bertz CT molecular complexity index is 827. The van der Waals surface area contributed by atoms with E-state index in [1.54, 1.807) is 0 Å². The van der Waals surface area contributed by atoms with Crippen LogP contribution in [-0.2, 0) is 0 Å². The number of hydrogen-bond donors (Lipinski definition) is 4. The first-order chi connectivity index (χ1) is 17.7. The zero-order valence-electron chi connectivity index (χ0n) is 22.4. The van der Waals surface area contributed by atoms with Crippen molar-refractivity contribution in [2.75, 3.05) is 33.7 Å². The second kappa shape index (κ2) is 10.1. The van der Waals surface area contributed by atoms with Crippen molar-refractivity contribution in [2.45, 2.75) is 101 Å². The van der Waals surface area contributed by atoms with Crippen LogP contribution in [0.1, 0.15) is 64.2 Å². The molecule has 3 aliphatic heterocycles. The Hall–Kier alpha value is -1.10. The van der Waals surface area contributed by atoms with Gasteiger partial charge in [0.1, 0.15) is 12.2 Å². The number of hydrogen-bond acceptors (Lipinski definition) is 5. The number of likely N-dealkylation sites (N-methyl/N-ethyl adjacent to an activating group) is 2. The summed E-state index contributed by atoms with van der Waals surface area (Å²) >= 11 is 0. The third-order valence-corrected chi connectivity index (χ3v) is 10.7. The summed E-state index contributed by atoms with van der Waals surface area (Å²) in [5, 5.41) is 19.6. The lowest BCUT2D eigenvalue weighted by molar-refractivity contribution is -0.150. The van der Waals surface area contributed by atoms with E-state index < -0.39 is 12.2 Å². The number of nitrogens with one attached hydrogen (secondary N) is 4. The van der Waals surface area contributed by atoms with Crippen LogP contribution in [0.25, 0.3) is 0 Å². The average molecular weight is 526 g/mol. The maximum atomic E-state index is 13.2. The lowest BCUT2D eigenvalue weighted by atomic mass is 9.74. The molecule has 0 aromatic heterocycles. The minimum absolute atomic E-state index is 0.0396. The monoisotopic (exact) mass is 525 g/mol. The average Bonchev–Trinajstić information content (AvgIpc) is 3.62. The fourth-order valence-electron chi connectivity index (χ4n) is 8.48. The fourth-order valence-corrected chi connectivity index (χ4v) is 8.48. The van der Waals surface area contributed by atoms with Gasteiger partial charge in [-0.05, 0) is 88.0 Å². The molecule has 0 aromatic rings. The summed E-state index contributed by atoms with van der Waals surface area (Å²) in [6.07, 6.45) is 8.27. The molecule has 3 saturated carbocycles. The van der Waals surface area contributed by atoms with Gasteiger partial charge in [-0.3, -0.25) is 26.3 Å². The highest BCUT2D eigenvalue weighted by molar-refractivity contribution is 5.80. The SMILES string of the molecule is CN1CC(C(F)(F)F)NC1C1CCC(CN2C(=N)N(C)C3CNC(C4CCCCC4C4CC4)NC32)CC1. The molecule has 210 valence electrons. The van der Waals surface area contributed by atoms with E-state index in [1.165, 1.54) is 38.5 Å². The second-order valence-electron chi connectivity index (χ2n) is 13.0. The van der Waals surface area contributed by atoms with Gasteiger partial charge >= 0.3 is 6.18 Å². The molecule has 6 fully saturated rings. The standard InChI is InChI=1S/C27H46F3N7/c1-35-15-22(27(28,29)30)33-24(35)18-9-7-16(8-10-18)14-37-25-21(36(2)26(37)31)13-32-23(34-25)20-6-4-3-5-19(20)17-11-12-17/h16-25,31-34H,3-15H2,1-2H3. The van der Waals surface area contributed by atoms with Gasteiger partial charge in [0.2, 0.25) is 0 Å². The van der Waals surface area contributed by atoms with Gasteiger partial charge in [0.15, 0.2) is 5.96 Å². The molecule has 0 spiro atoms. The van der Waals surface area contributed by atoms with Crippen molar-refractivity contribution in [2.24, 2.45) is 29.6 Å². The van der Waals surface area contributed by atoms with Crippen molar-refractivity contribution >= 4 is 5.96 Å². The molecule has 0 aromatic carbocycles. The molecule has 7 unspecified atom stereocenters. The fraction of sp³-hybridized carbons (Fsp3) is 0.963. The zero-order chi connectivity index (χ0) is 25.9. The topological polar surface area (TPSA) is 69.7 Å². The van der Waals surface area contributed by atoms with Crippen molar-refractivity contribution in [3.05, 3.63) is 0 Å². The summed E-state index contributed by atoms with van der Waals surface area (Å²) in [5.74, 6) is 3.82. The Labute approximate surface area is 219 Å². The quantitative estimate of drug-likeness (QED) is 0.442. The summed E-state index contributed by atoms with van der Waals surface area (Å²) in [6, 6.07) is -1.15. The Kier molecular flexibility index (Phi) is 7.16. The van der Waals surface area contributed by atoms with Gasteiger partial charge < -0.3 is 9.80 Å². The van der Waals surface area contributed by atoms with Crippen LogP contribution in [-0.4, -0.2) is 91.1 Å². The number of guanidine groups is 1. The van der Waals surface area contributed by atoms with Gasteiger partial charge in [-0.2, -0.15) is 13.2 Å². The normalized spacial score (nSPS) is 43.9. The molecule has 7 atom stereocenters. The predicted octanol–water partition coefficient (Wildman–Crippen LogP) is 3.20. The predicted molar refractivity (Wildman–Crippen MR) is 138 cm³/mol. The molecular formula is C27H46F3N7. The van der Waals surface area contributed by atoms with E-state index in [0.717, 1.165) is 50.6 Å². The minimum Gasteiger partial charge on any atom is -0.338 e. The Morgan fingerprint density at radius 2 is 1.54 bits per heavy atom. The van der Waals surface area contributed by atoms with Gasteiger partial charge in [0, 0.05) is 26.7 Å². The van der Waals surface area contributed by atoms with E-state index >= 15 is 0 Å². The van der Waals surface area contributed by atoms with Crippen molar-refractivity contribution in [1.82, 2.24) is 30.7 Å². The highest BCUT2D eigenvalue weighted by atomic mass is 19.4. The summed E-state index contributed by atoms with van der Waals surface area (Å²) in [6.45, 7) is 1.82. The van der Waals surface area contributed by atoms with E-state index in [1.807, 2.05) is 19.0 Å². The first kappa shape index (κ1) is 26.1. The smallest absolute Gasteiger partial charge is 0.338 e. The van der Waals surface area contributed by atoms with Crippen LogP contribution in [0.15, 0.2) is 0 Å². The zero-order valence-corrected chi connectivity index (χ0v) is 22.4. The molecule has 37 heavy (non-hydrogen) atoms. The van der Waals surface area contributed by atoms with E-state index in [-0.39, 0.29) is 30.8 Å². The van der Waals surface area contributed by atoms with Crippen LogP contribution < -0.4 is 16.0 Å². The number of alkyl halides is 3. The summed E-state index contributed by atoms with van der Waals surface area (Å²) in [7, 11) is 3.86. The Morgan fingerprint density at radius 3 is 2.19 bits per heavy atom. The van der Waals surface area contributed by atoms with E-state index in [4.69, 9.17) is 5.41 Å². The maximum absolute atomic E-state index is 13.2. The largest absolute Gasteiger partial charge is 0.405 e. The third kappa shape index (κ3) is 5.12. The molecule has 10 heteroatoms. The molecule has 7 nitrogen and oxygen atoms in total. The first-order valence-electron chi connectivity index (χ1n) is 14.8. The van der Waals surface area contributed by atoms with Crippen LogP contribution in [0.5, 0.6) is 0 Å². The van der Waals surface area contributed by atoms with E-state index in [9.17, 15) is 13.2 Å². The summed E-state index contributed by atoms with van der Waals surface area (Å²) in [4.78, 5) is 6.29. The van der Waals surface area contributed by atoms with Crippen LogP contribution >= 0.6 is 0 Å². The lowest BCUT2D eigenvalue weighted by Gasteiger charge is -2.45. The van der Waals surface area contributed by atoms with Crippen LogP contribution in [0, 0.1) is 35.0 Å². The molecule has 6 aliphatic rings. The molecule has 0 radical (unpaired) electrons. The highest BCUT2D eigenvalue weighted by Crippen LogP contribution is 2.48. The van der Waals surface area contributed by atoms with Gasteiger partial charge in [-0.25, -0.2) is 0 Å². The molecule has 3 aliphatic carbocycles. The Balaban J connectivity index is 1.06. The van der Waals surface area contributed by atoms with Crippen LogP contribution in [0.2, 0.25) is 0 Å².